The maximum absolute atomic E-state index is 5.55. The lowest BCUT2D eigenvalue weighted by Gasteiger charge is -2.08. The van der Waals surface area contributed by atoms with Crippen molar-refractivity contribution >= 4 is 11.0 Å². The van der Waals surface area contributed by atoms with Crippen LogP contribution in [0.3, 0.4) is 0 Å². The maximum atomic E-state index is 5.55. The minimum Gasteiger partial charge on any atom is -0.464 e. The molecule has 0 atom stereocenters. The first-order chi connectivity index (χ1) is 9.43. The van der Waals surface area contributed by atoms with E-state index in [-0.39, 0.29) is 0 Å². The van der Waals surface area contributed by atoms with E-state index in [4.69, 9.17) is 4.42 Å². The molecule has 0 saturated heterocycles. The molecule has 102 valence electrons. The summed E-state index contributed by atoms with van der Waals surface area (Å²) in [4.78, 5) is 0. The van der Waals surface area contributed by atoms with Gasteiger partial charge in [-0.05, 0) is 31.4 Å². The number of rotatable bonds is 6. The summed E-state index contributed by atoms with van der Waals surface area (Å²) >= 11 is 0. The van der Waals surface area contributed by atoms with Crippen LogP contribution >= 0.6 is 0 Å². The van der Waals surface area contributed by atoms with Crippen molar-refractivity contribution in [2.45, 2.75) is 45.1 Å². The molecule has 2 nitrogen and oxygen atoms in total. The summed E-state index contributed by atoms with van der Waals surface area (Å²) < 4.78 is 5.55. The summed E-state index contributed by atoms with van der Waals surface area (Å²) in [5, 5.41) is 4.79. The first-order valence-corrected chi connectivity index (χ1v) is 7.59. The third-order valence-corrected chi connectivity index (χ3v) is 4.32. The van der Waals surface area contributed by atoms with Gasteiger partial charge in [0, 0.05) is 17.5 Å². The molecular formula is C17H23NO. The average Bonchev–Trinajstić information content (AvgIpc) is 3.08. The van der Waals surface area contributed by atoms with Gasteiger partial charge in [-0.15, -0.1) is 0 Å². The lowest BCUT2D eigenvalue weighted by atomic mass is 10.0. The van der Waals surface area contributed by atoms with Crippen LogP contribution in [0.2, 0.25) is 0 Å². The van der Waals surface area contributed by atoms with Gasteiger partial charge in [0.05, 0.1) is 6.26 Å². The van der Waals surface area contributed by atoms with Gasteiger partial charge in [0.25, 0.3) is 0 Å². The summed E-state index contributed by atoms with van der Waals surface area (Å²) in [6.07, 6.45) is 10.4. The molecule has 0 amide bonds. The Kier molecular flexibility index (Phi) is 4.19. The van der Waals surface area contributed by atoms with Gasteiger partial charge in [0.2, 0.25) is 0 Å². The molecule has 1 aliphatic rings. The third-order valence-electron chi connectivity index (χ3n) is 4.32. The van der Waals surface area contributed by atoms with Crippen molar-refractivity contribution in [3.63, 3.8) is 0 Å². The fraction of sp³-hybridized carbons (Fsp3) is 0.529. The second-order valence-electron chi connectivity index (χ2n) is 5.73. The highest BCUT2D eigenvalue weighted by Crippen LogP contribution is 2.28. The topological polar surface area (TPSA) is 25.2 Å². The van der Waals surface area contributed by atoms with Crippen molar-refractivity contribution in [3.8, 4) is 0 Å². The van der Waals surface area contributed by atoms with E-state index in [1.165, 1.54) is 49.5 Å². The first-order valence-electron chi connectivity index (χ1n) is 7.59. The zero-order valence-corrected chi connectivity index (χ0v) is 11.5. The summed E-state index contributed by atoms with van der Waals surface area (Å²) in [6, 6.07) is 8.25. The SMILES string of the molecule is c1ccc2c(CNCCCC3CCCC3)coc2c1. The van der Waals surface area contributed by atoms with Gasteiger partial charge in [-0.1, -0.05) is 43.9 Å². The number of fused-ring (bicyclic) bond motifs is 1. The van der Waals surface area contributed by atoms with Crippen molar-refractivity contribution < 1.29 is 4.42 Å². The summed E-state index contributed by atoms with van der Waals surface area (Å²) in [5.41, 5.74) is 2.27. The first kappa shape index (κ1) is 12.7. The number of nitrogens with one attached hydrogen (secondary N) is 1. The van der Waals surface area contributed by atoms with E-state index in [1.807, 2.05) is 18.4 Å². The lowest BCUT2D eigenvalue weighted by Crippen LogP contribution is -2.15. The lowest BCUT2D eigenvalue weighted by molar-refractivity contribution is 0.470. The Morgan fingerprint density at radius 1 is 1.16 bits per heavy atom. The minimum absolute atomic E-state index is 0.918. The molecule has 1 aliphatic carbocycles. The van der Waals surface area contributed by atoms with Crippen LogP contribution < -0.4 is 5.32 Å². The molecule has 1 N–H and O–H groups in total. The molecule has 2 heteroatoms. The highest BCUT2D eigenvalue weighted by atomic mass is 16.3. The number of para-hydroxylation sites is 1. The van der Waals surface area contributed by atoms with Crippen LogP contribution in [0, 0.1) is 5.92 Å². The largest absolute Gasteiger partial charge is 0.464 e. The molecule has 0 aliphatic heterocycles. The van der Waals surface area contributed by atoms with Crippen LogP contribution in [-0.4, -0.2) is 6.54 Å². The Balaban J connectivity index is 1.42. The van der Waals surface area contributed by atoms with Crippen LogP contribution in [0.1, 0.15) is 44.1 Å². The van der Waals surface area contributed by atoms with Gasteiger partial charge in [0.1, 0.15) is 5.58 Å². The molecule has 3 rings (SSSR count). The molecule has 1 heterocycles. The Morgan fingerprint density at radius 2 is 2.00 bits per heavy atom. The quantitative estimate of drug-likeness (QED) is 0.771. The molecule has 1 aromatic heterocycles. The molecule has 0 bridgehead atoms. The summed E-state index contributed by atoms with van der Waals surface area (Å²) in [7, 11) is 0. The molecule has 19 heavy (non-hydrogen) atoms. The van der Waals surface area contributed by atoms with Gasteiger partial charge in [-0.3, -0.25) is 0 Å². The molecule has 1 fully saturated rings. The van der Waals surface area contributed by atoms with E-state index in [9.17, 15) is 0 Å². The molecule has 1 aromatic carbocycles. The number of hydrogen-bond acceptors (Lipinski definition) is 2. The van der Waals surface area contributed by atoms with Crippen LogP contribution in [0.5, 0.6) is 0 Å². The van der Waals surface area contributed by atoms with Gasteiger partial charge in [-0.2, -0.15) is 0 Å². The predicted octanol–water partition coefficient (Wildman–Crippen LogP) is 4.49. The fourth-order valence-corrected chi connectivity index (χ4v) is 3.21. The van der Waals surface area contributed by atoms with Gasteiger partial charge >= 0.3 is 0 Å². The molecule has 1 saturated carbocycles. The number of furan rings is 1. The van der Waals surface area contributed by atoms with Crippen molar-refractivity contribution in [1.82, 2.24) is 5.32 Å². The summed E-state index contributed by atoms with van der Waals surface area (Å²) in [6.45, 7) is 2.04. The van der Waals surface area contributed by atoms with Crippen molar-refractivity contribution in [3.05, 3.63) is 36.1 Å². The smallest absolute Gasteiger partial charge is 0.134 e. The van der Waals surface area contributed by atoms with Gasteiger partial charge < -0.3 is 9.73 Å². The predicted molar refractivity (Wildman–Crippen MR) is 79.1 cm³/mol. The van der Waals surface area contributed by atoms with E-state index in [0.29, 0.717) is 0 Å². The van der Waals surface area contributed by atoms with Crippen molar-refractivity contribution in [1.29, 1.82) is 0 Å². The highest BCUT2D eigenvalue weighted by Gasteiger charge is 2.13. The Bertz CT molecular complexity index is 511. The number of hydrogen-bond donors (Lipinski definition) is 1. The Labute approximate surface area is 115 Å². The molecule has 2 aromatic rings. The standard InChI is InChI=1S/C17H23NO/c1-2-7-14(6-1)8-5-11-18-12-15-13-19-17-10-4-3-9-16(15)17/h3-4,9-10,13-14,18H,1-2,5-8,11-12H2. The summed E-state index contributed by atoms with van der Waals surface area (Å²) in [5.74, 6) is 1.01. The van der Waals surface area contributed by atoms with E-state index in [2.05, 4.69) is 17.4 Å². The van der Waals surface area contributed by atoms with Crippen LogP contribution in [0.4, 0.5) is 0 Å². The van der Waals surface area contributed by atoms with Crippen molar-refractivity contribution in [2.75, 3.05) is 6.54 Å². The second kappa shape index (κ2) is 6.25. The van der Waals surface area contributed by atoms with Crippen LogP contribution in [0.15, 0.2) is 34.9 Å². The van der Waals surface area contributed by atoms with E-state index < -0.39 is 0 Å². The van der Waals surface area contributed by atoms with Gasteiger partial charge in [0.15, 0.2) is 0 Å². The molecule has 0 spiro atoms. The zero-order valence-electron chi connectivity index (χ0n) is 11.5. The van der Waals surface area contributed by atoms with Crippen LogP contribution in [-0.2, 0) is 6.54 Å². The zero-order chi connectivity index (χ0) is 12.9. The van der Waals surface area contributed by atoms with E-state index in [1.54, 1.807) is 0 Å². The highest BCUT2D eigenvalue weighted by molar-refractivity contribution is 5.80. The Morgan fingerprint density at radius 3 is 2.89 bits per heavy atom. The third kappa shape index (κ3) is 3.19. The van der Waals surface area contributed by atoms with Crippen molar-refractivity contribution in [2.24, 2.45) is 5.92 Å². The Hall–Kier alpha value is -1.28. The monoisotopic (exact) mass is 257 g/mol. The normalized spacial score (nSPS) is 16.4. The number of benzene rings is 1. The van der Waals surface area contributed by atoms with E-state index >= 15 is 0 Å². The second-order valence-corrected chi connectivity index (χ2v) is 5.73. The minimum atomic E-state index is 0.918. The van der Waals surface area contributed by atoms with E-state index in [0.717, 1.165) is 24.6 Å². The average molecular weight is 257 g/mol. The fourth-order valence-electron chi connectivity index (χ4n) is 3.21. The maximum Gasteiger partial charge on any atom is 0.134 e. The molecule has 0 radical (unpaired) electrons. The molecule has 0 unspecified atom stereocenters. The van der Waals surface area contributed by atoms with Gasteiger partial charge in [-0.25, -0.2) is 0 Å². The molecular weight excluding hydrogens is 234 g/mol. The van der Waals surface area contributed by atoms with Crippen LogP contribution in [0.25, 0.3) is 11.0 Å².